The van der Waals surface area contributed by atoms with Crippen LogP contribution in [0.4, 0.5) is 5.69 Å². The van der Waals surface area contributed by atoms with Crippen LogP contribution in [0.1, 0.15) is 31.9 Å². The highest BCUT2D eigenvalue weighted by Gasteiger charge is 2.07. The van der Waals surface area contributed by atoms with Crippen molar-refractivity contribution in [1.82, 2.24) is 4.98 Å². The molecular weight excluding hydrogens is 272 g/mol. The molecule has 3 nitrogen and oxygen atoms in total. The smallest absolute Gasteiger partial charge is 0.138 e. The third-order valence-electron chi connectivity index (χ3n) is 2.98. The van der Waals surface area contributed by atoms with E-state index in [0.717, 1.165) is 17.9 Å². The molecule has 0 amide bonds. The zero-order chi connectivity index (χ0) is 14.4. The van der Waals surface area contributed by atoms with Crippen molar-refractivity contribution in [3.05, 3.63) is 53.3 Å². The van der Waals surface area contributed by atoms with Crippen molar-refractivity contribution in [2.24, 2.45) is 0 Å². The van der Waals surface area contributed by atoms with E-state index in [9.17, 15) is 0 Å². The van der Waals surface area contributed by atoms with E-state index in [1.54, 1.807) is 12.4 Å². The van der Waals surface area contributed by atoms with E-state index >= 15 is 0 Å². The minimum atomic E-state index is 0.191. The van der Waals surface area contributed by atoms with E-state index in [1.165, 1.54) is 5.56 Å². The Bertz CT molecular complexity index is 545. The number of hydrogen-bond acceptors (Lipinski definition) is 3. The van der Waals surface area contributed by atoms with Crippen molar-refractivity contribution in [3.63, 3.8) is 0 Å². The second-order valence-electron chi connectivity index (χ2n) is 4.64. The van der Waals surface area contributed by atoms with Gasteiger partial charge in [0.15, 0.2) is 0 Å². The van der Waals surface area contributed by atoms with Crippen LogP contribution < -0.4 is 10.1 Å². The molecule has 1 unspecified atom stereocenters. The molecule has 0 aliphatic rings. The third kappa shape index (κ3) is 3.87. The van der Waals surface area contributed by atoms with Gasteiger partial charge in [-0.3, -0.25) is 4.98 Å². The van der Waals surface area contributed by atoms with Gasteiger partial charge < -0.3 is 10.1 Å². The number of ether oxygens (including phenoxy) is 1. The fraction of sp³-hybridized carbons (Fsp3) is 0.312. The fourth-order valence-electron chi connectivity index (χ4n) is 1.91. The number of halogens is 1. The second-order valence-corrected chi connectivity index (χ2v) is 5.05. The minimum Gasteiger partial charge on any atom is -0.492 e. The predicted octanol–water partition coefficient (Wildman–Crippen LogP) is 4.70. The zero-order valence-corrected chi connectivity index (χ0v) is 12.5. The number of aromatic nitrogens is 1. The number of benzene rings is 1. The molecule has 0 fully saturated rings. The second kappa shape index (κ2) is 7.15. The summed E-state index contributed by atoms with van der Waals surface area (Å²) in [5.41, 5.74) is 2.16. The van der Waals surface area contributed by atoms with Crippen LogP contribution in [0, 0.1) is 0 Å². The molecule has 1 N–H and O–H groups in total. The quantitative estimate of drug-likeness (QED) is 0.837. The summed E-state index contributed by atoms with van der Waals surface area (Å²) in [6.45, 7) is 4.85. The van der Waals surface area contributed by atoms with Gasteiger partial charge in [-0.2, -0.15) is 0 Å². The maximum absolute atomic E-state index is 6.22. The molecule has 2 rings (SSSR count). The third-order valence-corrected chi connectivity index (χ3v) is 3.28. The first kappa shape index (κ1) is 14.7. The number of pyridine rings is 1. The van der Waals surface area contributed by atoms with Gasteiger partial charge in [-0.1, -0.05) is 18.5 Å². The van der Waals surface area contributed by atoms with Crippen molar-refractivity contribution in [3.8, 4) is 5.75 Å². The van der Waals surface area contributed by atoms with Crippen LogP contribution in [0.3, 0.4) is 0 Å². The van der Waals surface area contributed by atoms with Crippen LogP contribution in [0.15, 0.2) is 42.7 Å². The Morgan fingerprint density at radius 2 is 2.00 bits per heavy atom. The molecule has 0 radical (unpaired) electrons. The van der Waals surface area contributed by atoms with Crippen molar-refractivity contribution >= 4 is 17.3 Å². The summed E-state index contributed by atoms with van der Waals surface area (Å²) in [5.74, 6) is 0.732. The Balaban J connectivity index is 2.05. The molecule has 1 aromatic heterocycles. The maximum atomic E-state index is 6.22. The lowest BCUT2D eigenvalue weighted by atomic mass is 10.1. The molecule has 1 aromatic carbocycles. The standard InChI is InChI=1S/C16H19ClN2O/c1-3-10-20-16-5-4-14(11-15(16)17)19-12(2)13-6-8-18-9-7-13/h4-9,11-12,19H,3,10H2,1-2H3. The average molecular weight is 291 g/mol. The molecule has 1 heterocycles. The number of anilines is 1. The SMILES string of the molecule is CCCOc1ccc(NC(C)c2ccncc2)cc1Cl. The topological polar surface area (TPSA) is 34.1 Å². The number of nitrogens with zero attached hydrogens (tertiary/aromatic N) is 1. The van der Waals surface area contributed by atoms with Gasteiger partial charge >= 0.3 is 0 Å². The van der Waals surface area contributed by atoms with E-state index in [4.69, 9.17) is 16.3 Å². The Morgan fingerprint density at radius 3 is 2.65 bits per heavy atom. The van der Waals surface area contributed by atoms with E-state index < -0.39 is 0 Å². The molecule has 0 aliphatic carbocycles. The fourth-order valence-corrected chi connectivity index (χ4v) is 2.14. The Kier molecular flexibility index (Phi) is 5.24. The number of hydrogen-bond donors (Lipinski definition) is 1. The summed E-state index contributed by atoms with van der Waals surface area (Å²) in [5, 5.41) is 4.04. The molecule has 20 heavy (non-hydrogen) atoms. The molecule has 4 heteroatoms. The van der Waals surface area contributed by atoms with Crippen LogP contribution in [0.25, 0.3) is 0 Å². The Labute approximate surface area is 124 Å². The van der Waals surface area contributed by atoms with Gasteiger partial charge in [0.05, 0.1) is 11.6 Å². The summed E-state index contributed by atoms with van der Waals surface area (Å²) in [6, 6.07) is 9.96. The first-order valence-electron chi connectivity index (χ1n) is 6.79. The van der Waals surface area contributed by atoms with Gasteiger partial charge in [0, 0.05) is 24.1 Å². The highest BCUT2D eigenvalue weighted by atomic mass is 35.5. The van der Waals surface area contributed by atoms with Crippen LogP contribution in [0.2, 0.25) is 5.02 Å². The molecule has 0 saturated heterocycles. The lowest BCUT2D eigenvalue weighted by Gasteiger charge is -2.16. The largest absolute Gasteiger partial charge is 0.492 e. The summed E-state index contributed by atoms with van der Waals surface area (Å²) in [6.07, 6.45) is 4.56. The summed E-state index contributed by atoms with van der Waals surface area (Å²) >= 11 is 6.22. The molecule has 0 bridgehead atoms. The number of nitrogens with one attached hydrogen (secondary N) is 1. The number of rotatable bonds is 6. The van der Waals surface area contributed by atoms with Gasteiger partial charge in [-0.05, 0) is 49.2 Å². The van der Waals surface area contributed by atoms with Gasteiger partial charge in [0.2, 0.25) is 0 Å². The Morgan fingerprint density at radius 1 is 1.25 bits per heavy atom. The average Bonchev–Trinajstić information content (AvgIpc) is 2.47. The normalized spacial score (nSPS) is 11.9. The van der Waals surface area contributed by atoms with Gasteiger partial charge in [0.1, 0.15) is 5.75 Å². The molecular formula is C16H19ClN2O. The summed E-state index contributed by atoms with van der Waals surface area (Å²) in [4.78, 5) is 4.02. The maximum Gasteiger partial charge on any atom is 0.138 e. The van der Waals surface area contributed by atoms with Crippen molar-refractivity contribution < 1.29 is 4.74 Å². The van der Waals surface area contributed by atoms with Crippen molar-refractivity contribution in [2.75, 3.05) is 11.9 Å². The molecule has 0 saturated carbocycles. The van der Waals surface area contributed by atoms with Crippen molar-refractivity contribution in [1.29, 1.82) is 0 Å². The zero-order valence-electron chi connectivity index (χ0n) is 11.8. The minimum absolute atomic E-state index is 0.191. The van der Waals surface area contributed by atoms with E-state index in [-0.39, 0.29) is 6.04 Å². The molecule has 1 atom stereocenters. The Hall–Kier alpha value is -1.74. The first-order valence-corrected chi connectivity index (χ1v) is 7.17. The van der Waals surface area contributed by atoms with Crippen LogP contribution in [-0.2, 0) is 0 Å². The van der Waals surface area contributed by atoms with E-state index in [0.29, 0.717) is 11.6 Å². The van der Waals surface area contributed by atoms with Gasteiger partial charge in [-0.15, -0.1) is 0 Å². The van der Waals surface area contributed by atoms with E-state index in [2.05, 4.69) is 24.1 Å². The monoisotopic (exact) mass is 290 g/mol. The van der Waals surface area contributed by atoms with Crippen LogP contribution in [-0.4, -0.2) is 11.6 Å². The first-order chi connectivity index (χ1) is 9.70. The molecule has 106 valence electrons. The molecule has 0 aliphatic heterocycles. The van der Waals surface area contributed by atoms with Gasteiger partial charge in [-0.25, -0.2) is 0 Å². The van der Waals surface area contributed by atoms with Crippen LogP contribution >= 0.6 is 11.6 Å². The van der Waals surface area contributed by atoms with Crippen LogP contribution in [0.5, 0.6) is 5.75 Å². The predicted molar refractivity (Wildman–Crippen MR) is 83.5 cm³/mol. The summed E-state index contributed by atoms with van der Waals surface area (Å²) in [7, 11) is 0. The summed E-state index contributed by atoms with van der Waals surface area (Å²) < 4.78 is 5.56. The molecule has 2 aromatic rings. The van der Waals surface area contributed by atoms with Gasteiger partial charge in [0.25, 0.3) is 0 Å². The highest BCUT2D eigenvalue weighted by molar-refractivity contribution is 6.32. The lowest BCUT2D eigenvalue weighted by Crippen LogP contribution is -2.06. The van der Waals surface area contributed by atoms with Crippen molar-refractivity contribution in [2.45, 2.75) is 26.3 Å². The molecule has 0 spiro atoms. The lowest BCUT2D eigenvalue weighted by molar-refractivity contribution is 0.317. The highest BCUT2D eigenvalue weighted by Crippen LogP contribution is 2.29. The van der Waals surface area contributed by atoms with E-state index in [1.807, 2.05) is 30.3 Å².